The van der Waals surface area contributed by atoms with Crippen LogP contribution in [0, 0.1) is 40.4 Å². The molecular weight excluding hydrogens is 1900 g/mol. The predicted octanol–water partition coefficient (Wildman–Crippen LogP) is -10.9. The number of nitrogens with zero attached hydrogens (tertiary/aromatic N) is 1. The summed E-state index contributed by atoms with van der Waals surface area (Å²) in [5, 5.41) is 84.8. The number of imidazole rings is 1. The van der Waals surface area contributed by atoms with Crippen molar-refractivity contribution in [1.29, 1.82) is 10.8 Å². The number of rotatable bonds is 70. The number of aromatic amines is 1. The van der Waals surface area contributed by atoms with Crippen molar-refractivity contribution in [2.45, 2.75) is 308 Å². The van der Waals surface area contributed by atoms with E-state index < -0.39 is 302 Å². The number of amides is 22. The Kier molecular flexibility index (Phi) is 58.9. The lowest BCUT2D eigenvalue weighted by molar-refractivity contribution is -0.136. The summed E-state index contributed by atoms with van der Waals surface area (Å²) in [5.74, 6) is -23.8. The molecule has 39 N–H and O–H groups in total. The molecule has 0 aliphatic heterocycles. The molecule has 0 aliphatic rings. The molecule has 0 unspecified atom stereocenters. The first-order valence-corrected chi connectivity index (χ1v) is 48.4. The van der Waals surface area contributed by atoms with Gasteiger partial charge in [-0.15, -0.1) is 0 Å². The summed E-state index contributed by atoms with van der Waals surface area (Å²) in [6.07, 6.45) is 0.160. The molecule has 1 heterocycles. The second-order valence-electron chi connectivity index (χ2n) is 36.4. The van der Waals surface area contributed by atoms with E-state index in [0.29, 0.717) is 18.6 Å². The zero-order valence-corrected chi connectivity index (χ0v) is 84.6. The molecule has 0 fully saturated rings. The van der Waals surface area contributed by atoms with E-state index in [2.05, 4.69) is 116 Å². The summed E-state index contributed by atoms with van der Waals surface area (Å²) >= 11 is 1.39. The average Bonchev–Trinajstić information content (AvgIpc) is 1.85. The lowest BCUT2D eigenvalue weighted by Crippen LogP contribution is -2.61. The van der Waals surface area contributed by atoms with E-state index >= 15 is 0 Å². The Balaban J connectivity index is 3.36. The minimum Gasteiger partial charge on any atom is -0.394 e. The van der Waals surface area contributed by atoms with Gasteiger partial charge in [0, 0.05) is 44.2 Å². The summed E-state index contributed by atoms with van der Waals surface area (Å²) in [5.41, 5.74) is 39.1. The highest BCUT2D eigenvalue weighted by Gasteiger charge is 2.40. The molecule has 143 heavy (non-hydrogen) atoms. The first-order valence-electron chi connectivity index (χ1n) is 47.1. The van der Waals surface area contributed by atoms with Gasteiger partial charge in [0.2, 0.25) is 130 Å². The SMILES string of the molecule is CC[C@H](C)[C@H](NC(=O)CNC(=O)[C@H](C)NC(=O)[C@H](C)NC(=O)[C@H](Cc1cnc[nH]1)NC(=O)[C@H](CC(N)=O)NC(=O)CNC(=O)[C@H](CO)NC(=O)[C@H](C)NC(=O)[C@H](CCC(N)=O)NC(=O)[C@H](CC(C)C)NC(=O)[C@H](CC(C)C)NC(=O)[C@H](CCCNC(=N)N)NC(=O)[C@H](CCC(N)=O)NC(=O)[C@H](CC(C)C)NC(=O)[C@@H](N)CCCNC(=N)N)C(=O)N[C@@H](CC(C)C)C(=O)N[C@H](C(=O)N[C@@H](CCSC)C(N)=O)[C@@H](C)O. The third-order valence-corrected chi connectivity index (χ3v) is 22.3. The zero-order chi connectivity index (χ0) is 109. The normalized spacial score (nSPS) is 15.1. The maximum absolute atomic E-state index is 14.6. The summed E-state index contributed by atoms with van der Waals surface area (Å²) in [6, 6.07) is -25.5. The fourth-order valence-electron chi connectivity index (χ4n) is 13.7. The Bertz CT molecular complexity index is 4470. The van der Waals surface area contributed by atoms with Crippen molar-refractivity contribution < 1.29 is 116 Å². The molecule has 1 aromatic rings. The van der Waals surface area contributed by atoms with Crippen molar-refractivity contribution in [2.75, 3.05) is 44.8 Å². The molecule has 1 aromatic heterocycles. The maximum atomic E-state index is 14.6. The number of nitrogens with one attached hydrogen (secondary N) is 23. The van der Waals surface area contributed by atoms with Crippen LogP contribution in [0.25, 0.3) is 0 Å². The average molecular weight is 2050 g/mol. The zero-order valence-electron chi connectivity index (χ0n) is 83.8. The lowest BCUT2D eigenvalue weighted by Gasteiger charge is -2.29. The van der Waals surface area contributed by atoms with Crippen LogP contribution in [-0.2, 0) is 112 Å². The molecule has 0 radical (unpaired) electrons. The van der Waals surface area contributed by atoms with Crippen LogP contribution in [0.4, 0.5) is 0 Å². The number of aliphatic hydroxyl groups is 2. The van der Waals surface area contributed by atoms with Crippen LogP contribution in [0.1, 0.15) is 199 Å². The van der Waals surface area contributed by atoms with Crippen LogP contribution in [0.3, 0.4) is 0 Å². The number of aliphatic hydroxyl groups excluding tert-OH is 2. The van der Waals surface area contributed by atoms with E-state index in [9.17, 15) is 116 Å². The van der Waals surface area contributed by atoms with Crippen LogP contribution >= 0.6 is 11.8 Å². The van der Waals surface area contributed by atoms with Gasteiger partial charge >= 0.3 is 0 Å². The van der Waals surface area contributed by atoms with Gasteiger partial charge < -0.3 is 162 Å². The quantitative estimate of drug-likeness (QED) is 0.0164. The molecular formula is C87H153N31O24S. The molecule has 0 spiro atoms. The van der Waals surface area contributed by atoms with Gasteiger partial charge in [-0.1, -0.05) is 75.7 Å². The van der Waals surface area contributed by atoms with Gasteiger partial charge in [-0.3, -0.25) is 116 Å². The summed E-state index contributed by atoms with van der Waals surface area (Å²) in [7, 11) is 0. The minimum absolute atomic E-state index is 0.00649. The number of nitrogens with two attached hydrogens (primary N) is 7. The lowest BCUT2D eigenvalue weighted by atomic mass is 9.96. The van der Waals surface area contributed by atoms with E-state index in [-0.39, 0.29) is 106 Å². The number of hydrogen-bond acceptors (Lipinski definition) is 29. The number of aromatic nitrogens is 2. The fraction of sp³-hybridized carbons (Fsp3) is 0.690. The van der Waals surface area contributed by atoms with Crippen LogP contribution < -0.4 is 146 Å². The fourth-order valence-corrected chi connectivity index (χ4v) is 14.2. The Labute approximate surface area is 834 Å². The predicted molar refractivity (Wildman–Crippen MR) is 521 cm³/mol. The molecule has 0 saturated carbocycles. The highest BCUT2D eigenvalue weighted by Crippen LogP contribution is 2.17. The van der Waals surface area contributed by atoms with Gasteiger partial charge in [0.05, 0.1) is 44.6 Å². The molecule has 0 bridgehead atoms. The summed E-state index contributed by atoms with van der Waals surface area (Å²) < 4.78 is 0. The topological polar surface area (TPSA) is 915 Å². The second-order valence-corrected chi connectivity index (χ2v) is 37.4. The van der Waals surface area contributed by atoms with E-state index in [1.165, 1.54) is 45.1 Å². The van der Waals surface area contributed by atoms with Gasteiger partial charge in [0.25, 0.3) is 0 Å². The molecule has 55 nitrogen and oxygen atoms in total. The number of primary amides is 4. The van der Waals surface area contributed by atoms with Crippen molar-refractivity contribution in [3.63, 3.8) is 0 Å². The van der Waals surface area contributed by atoms with E-state index in [1.54, 1.807) is 75.5 Å². The van der Waals surface area contributed by atoms with Gasteiger partial charge in [-0.2, -0.15) is 11.8 Å². The number of guanidine groups is 2. The maximum Gasteiger partial charge on any atom is 0.245 e. The smallest absolute Gasteiger partial charge is 0.245 e. The van der Waals surface area contributed by atoms with Crippen molar-refractivity contribution in [3.05, 3.63) is 18.2 Å². The third kappa shape index (κ3) is 51.5. The summed E-state index contributed by atoms with van der Waals surface area (Å²) in [6.45, 7) is 19.2. The highest BCUT2D eigenvalue weighted by molar-refractivity contribution is 7.98. The highest BCUT2D eigenvalue weighted by atomic mass is 32.2. The van der Waals surface area contributed by atoms with Crippen molar-refractivity contribution in [1.82, 2.24) is 116 Å². The Morgan fingerprint density at radius 3 is 1.15 bits per heavy atom. The molecule has 0 saturated heterocycles. The number of carbonyl (C=O) groups excluding carboxylic acids is 22. The molecule has 56 heteroatoms. The first-order chi connectivity index (χ1) is 66.8. The standard InChI is InChI=1S/C87H153N31O24S/c1-16-44(10)67(84(141)115-58(32-43(8)9)83(140)118-68(48(14)120)85(142)107-51(69(92)126)25-28-143-15)117-66(125)37-100-70(127)45(11)103-71(128)46(12)105-78(135)59(33-49-35-97-39-102-49)114-82(139)60(34-64(91)123)106-65(124)36-101-74(131)61(38-119)116-72(129)47(13)104-75(132)53(21-23-62(89)121)109-80(137)56(30-41(4)5)113-81(138)57(31-42(6)7)112-76(133)52(20-18-27-99-87(95)96)108-77(134)54(22-24-63(90)122)110-79(136)55(29-40(2)3)111-73(130)50(88)19-17-26-98-86(93)94/h35,39-48,50-61,67-68,119-120H,16-34,36-38,88H2,1-15H3,(H2,89,121)(H2,90,122)(H2,91,123)(H2,92,126)(H,97,102)(H,100,127)(H,101,131)(H,103,128)(H,104,132)(H,105,135)(H,106,124)(H,107,142)(H,108,134)(H,109,137)(H,110,136)(H,111,130)(H,112,133)(H,113,138)(H,114,139)(H,115,141)(H,116,129)(H,117,125)(H,118,140)(H4,93,94,98)(H4,95,96,99)/t44-,45-,46-,47-,48+,50-,51-,52-,53-,54-,55-,56-,57-,58-,59-,60-,61-,67-,68-/m0/s1. The molecule has 0 aromatic carbocycles. The molecule has 22 amide bonds. The van der Waals surface area contributed by atoms with Crippen LogP contribution in [0.5, 0.6) is 0 Å². The van der Waals surface area contributed by atoms with E-state index in [4.69, 9.17) is 51.0 Å². The largest absolute Gasteiger partial charge is 0.394 e. The van der Waals surface area contributed by atoms with Crippen molar-refractivity contribution in [2.24, 2.45) is 69.7 Å². The molecule has 1 rings (SSSR count). The van der Waals surface area contributed by atoms with Crippen molar-refractivity contribution >= 4 is 154 Å². The first kappa shape index (κ1) is 127. The molecule has 0 aliphatic carbocycles. The van der Waals surface area contributed by atoms with E-state index in [0.717, 1.165) is 6.92 Å². The monoisotopic (exact) mass is 2050 g/mol. The van der Waals surface area contributed by atoms with E-state index in [1.807, 2.05) is 0 Å². The van der Waals surface area contributed by atoms with Gasteiger partial charge in [0.15, 0.2) is 11.9 Å². The minimum atomic E-state index is -1.89. The summed E-state index contributed by atoms with van der Waals surface area (Å²) in [4.78, 5) is 305. The number of H-pyrrole nitrogens is 1. The number of hydrogen-bond donors (Lipinski definition) is 32. The number of carbonyl (C=O) groups is 22. The Morgan fingerprint density at radius 2 is 0.734 bits per heavy atom. The van der Waals surface area contributed by atoms with Gasteiger partial charge in [-0.05, 0) is 140 Å². The Hall–Kier alpha value is -13.7. The molecule has 19 atom stereocenters. The number of thioether (sulfide) groups is 1. The van der Waals surface area contributed by atoms with Crippen LogP contribution in [-0.4, -0.2) is 316 Å². The second kappa shape index (κ2) is 66.2. The van der Waals surface area contributed by atoms with Crippen LogP contribution in [0.15, 0.2) is 12.5 Å². The van der Waals surface area contributed by atoms with Gasteiger partial charge in [0.1, 0.15) is 96.7 Å². The van der Waals surface area contributed by atoms with Crippen LogP contribution in [0.2, 0.25) is 0 Å². The molecule has 806 valence electrons. The van der Waals surface area contributed by atoms with Gasteiger partial charge in [-0.25, -0.2) is 4.98 Å². The third-order valence-electron chi connectivity index (χ3n) is 21.7. The van der Waals surface area contributed by atoms with Crippen molar-refractivity contribution in [3.8, 4) is 0 Å². The Morgan fingerprint density at radius 1 is 0.378 bits per heavy atom.